The van der Waals surface area contributed by atoms with E-state index in [9.17, 15) is 0 Å². The van der Waals surface area contributed by atoms with Crippen molar-refractivity contribution in [2.75, 3.05) is 17.7 Å². The van der Waals surface area contributed by atoms with E-state index in [1.54, 1.807) is 0 Å². The predicted molar refractivity (Wildman–Crippen MR) is 82.9 cm³/mol. The molecule has 0 unspecified atom stereocenters. The van der Waals surface area contributed by atoms with Crippen molar-refractivity contribution in [3.63, 3.8) is 0 Å². The molecule has 4 heteroatoms. The number of nitrogens with two attached hydrogens (primary N) is 1. The first kappa shape index (κ1) is 13.7. The molecule has 2 fully saturated rings. The van der Waals surface area contributed by atoms with Crippen molar-refractivity contribution >= 4 is 11.6 Å². The van der Waals surface area contributed by atoms with Crippen LogP contribution in [0.1, 0.15) is 63.6 Å². The number of hydrogen-bond acceptors (Lipinski definition) is 4. The first-order valence-electron chi connectivity index (χ1n) is 8.04. The van der Waals surface area contributed by atoms with Crippen LogP contribution in [0.15, 0.2) is 6.07 Å². The highest BCUT2D eigenvalue weighted by molar-refractivity contribution is 5.47. The Morgan fingerprint density at radius 1 is 1.15 bits per heavy atom. The molecule has 1 heterocycles. The molecule has 0 amide bonds. The van der Waals surface area contributed by atoms with Crippen LogP contribution in [0.2, 0.25) is 0 Å². The van der Waals surface area contributed by atoms with Crippen molar-refractivity contribution in [2.24, 2.45) is 5.92 Å². The molecule has 1 aromatic heterocycles. The minimum atomic E-state index is 0.557. The van der Waals surface area contributed by atoms with Gasteiger partial charge in [0.15, 0.2) is 0 Å². The monoisotopic (exact) mass is 274 g/mol. The Bertz CT molecular complexity index is 462. The molecule has 1 aromatic rings. The standard InChI is InChI=1S/C16H26N4/c1-3-11-4-8-13(9-5-11)20(2)15-10-14(17)18-16(19-15)12-6-7-12/h10-13H,3-9H2,1-2H3,(H2,17,18,19). The smallest absolute Gasteiger partial charge is 0.136 e. The summed E-state index contributed by atoms with van der Waals surface area (Å²) in [5.74, 6) is 4.07. The molecule has 2 aliphatic rings. The molecule has 4 nitrogen and oxygen atoms in total. The van der Waals surface area contributed by atoms with E-state index in [0.29, 0.717) is 17.8 Å². The van der Waals surface area contributed by atoms with Gasteiger partial charge in [-0.3, -0.25) is 0 Å². The van der Waals surface area contributed by atoms with Gasteiger partial charge in [-0.05, 0) is 44.4 Å². The van der Waals surface area contributed by atoms with Crippen LogP contribution in [0.3, 0.4) is 0 Å². The average Bonchev–Trinajstić information content (AvgIpc) is 3.30. The minimum Gasteiger partial charge on any atom is -0.384 e. The number of anilines is 2. The molecule has 0 atom stereocenters. The zero-order valence-electron chi connectivity index (χ0n) is 12.7. The van der Waals surface area contributed by atoms with Crippen molar-refractivity contribution in [1.82, 2.24) is 9.97 Å². The molecule has 2 aliphatic carbocycles. The van der Waals surface area contributed by atoms with Crippen LogP contribution in [0, 0.1) is 5.92 Å². The number of rotatable bonds is 4. The number of hydrogen-bond donors (Lipinski definition) is 1. The maximum Gasteiger partial charge on any atom is 0.136 e. The molecule has 0 spiro atoms. The highest BCUT2D eigenvalue weighted by Crippen LogP contribution is 2.39. The van der Waals surface area contributed by atoms with E-state index >= 15 is 0 Å². The summed E-state index contributed by atoms with van der Waals surface area (Å²) in [6.07, 6.45) is 9.00. The van der Waals surface area contributed by atoms with Crippen LogP contribution in [0.25, 0.3) is 0 Å². The molecular formula is C16H26N4. The number of nitrogen functional groups attached to an aromatic ring is 1. The lowest BCUT2D eigenvalue weighted by atomic mass is 9.84. The van der Waals surface area contributed by atoms with Gasteiger partial charge in [0.05, 0.1) is 0 Å². The molecule has 0 aromatic carbocycles. The summed E-state index contributed by atoms with van der Waals surface area (Å²) in [4.78, 5) is 11.5. The van der Waals surface area contributed by atoms with Crippen molar-refractivity contribution in [3.8, 4) is 0 Å². The summed E-state index contributed by atoms with van der Waals surface area (Å²) in [7, 11) is 2.16. The van der Waals surface area contributed by atoms with E-state index in [4.69, 9.17) is 10.7 Å². The third-order valence-corrected chi connectivity index (χ3v) is 4.99. The zero-order chi connectivity index (χ0) is 14.1. The average molecular weight is 274 g/mol. The Hall–Kier alpha value is -1.32. The van der Waals surface area contributed by atoms with E-state index in [2.05, 4.69) is 23.9 Å². The second kappa shape index (κ2) is 5.58. The van der Waals surface area contributed by atoms with Crippen LogP contribution < -0.4 is 10.6 Å². The lowest BCUT2D eigenvalue weighted by Gasteiger charge is -2.35. The summed E-state index contributed by atoms with van der Waals surface area (Å²) in [5.41, 5.74) is 5.96. The van der Waals surface area contributed by atoms with Gasteiger partial charge in [0.1, 0.15) is 17.5 Å². The lowest BCUT2D eigenvalue weighted by Crippen LogP contribution is -2.35. The van der Waals surface area contributed by atoms with E-state index < -0.39 is 0 Å². The van der Waals surface area contributed by atoms with Gasteiger partial charge in [0.2, 0.25) is 0 Å². The minimum absolute atomic E-state index is 0.557. The summed E-state index contributed by atoms with van der Waals surface area (Å²) in [5, 5.41) is 0. The van der Waals surface area contributed by atoms with Gasteiger partial charge in [-0.2, -0.15) is 0 Å². The highest BCUT2D eigenvalue weighted by Gasteiger charge is 2.29. The topological polar surface area (TPSA) is 55.0 Å². The van der Waals surface area contributed by atoms with E-state index in [1.165, 1.54) is 44.9 Å². The molecule has 0 radical (unpaired) electrons. The Morgan fingerprint density at radius 2 is 1.85 bits per heavy atom. The second-order valence-corrected chi connectivity index (χ2v) is 6.48. The molecule has 2 N–H and O–H groups in total. The molecule has 20 heavy (non-hydrogen) atoms. The van der Waals surface area contributed by atoms with Gasteiger partial charge in [-0.15, -0.1) is 0 Å². The van der Waals surface area contributed by atoms with Gasteiger partial charge >= 0.3 is 0 Å². The Labute approximate surface area is 121 Å². The molecular weight excluding hydrogens is 248 g/mol. The fourth-order valence-corrected chi connectivity index (χ4v) is 3.30. The molecule has 0 aliphatic heterocycles. The summed E-state index contributed by atoms with van der Waals surface area (Å²) in [6, 6.07) is 2.54. The normalized spacial score (nSPS) is 26.5. The molecule has 0 saturated heterocycles. The summed E-state index contributed by atoms with van der Waals surface area (Å²) >= 11 is 0. The lowest BCUT2D eigenvalue weighted by molar-refractivity contribution is 0.313. The van der Waals surface area contributed by atoms with Gasteiger partial charge < -0.3 is 10.6 Å². The van der Waals surface area contributed by atoms with E-state index in [0.717, 1.165) is 17.6 Å². The van der Waals surface area contributed by atoms with Crippen LogP contribution >= 0.6 is 0 Å². The first-order chi connectivity index (χ1) is 9.67. The SMILES string of the molecule is CCC1CCC(N(C)c2cc(N)nc(C3CC3)n2)CC1. The van der Waals surface area contributed by atoms with Gasteiger partial charge in [-0.25, -0.2) is 9.97 Å². The second-order valence-electron chi connectivity index (χ2n) is 6.48. The fourth-order valence-electron chi connectivity index (χ4n) is 3.30. The van der Waals surface area contributed by atoms with E-state index in [1.807, 2.05) is 6.07 Å². The van der Waals surface area contributed by atoms with Crippen molar-refractivity contribution < 1.29 is 0 Å². The third kappa shape index (κ3) is 2.89. The van der Waals surface area contributed by atoms with E-state index in [-0.39, 0.29) is 0 Å². The molecule has 2 saturated carbocycles. The van der Waals surface area contributed by atoms with Gasteiger partial charge in [0, 0.05) is 25.1 Å². The highest BCUT2D eigenvalue weighted by atomic mass is 15.2. The van der Waals surface area contributed by atoms with Crippen molar-refractivity contribution in [2.45, 2.75) is 63.8 Å². The van der Waals surface area contributed by atoms with Crippen LogP contribution in [0.4, 0.5) is 11.6 Å². The largest absolute Gasteiger partial charge is 0.384 e. The Morgan fingerprint density at radius 3 is 2.45 bits per heavy atom. The van der Waals surface area contributed by atoms with Gasteiger partial charge in [0.25, 0.3) is 0 Å². The molecule has 3 rings (SSSR count). The fraction of sp³-hybridized carbons (Fsp3) is 0.750. The Balaban J connectivity index is 1.71. The third-order valence-electron chi connectivity index (χ3n) is 4.99. The maximum atomic E-state index is 5.96. The first-order valence-corrected chi connectivity index (χ1v) is 8.04. The quantitative estimate of drug-likeness (QED) is 0.915. The summed E-state index contributed by atoms with van der Waals surface area (Å²) < 4.78 is 0. The van der Waals surface area contributed by atoms with Crippen LogP contribution in [-0.4, -0.2) is 23.1 Å². The predicted octanol–water partition coefficient (Wildman–Crippen LogP) is 3.34. The van der Waals surface area contributed by atoms with Gasteiger partial charge in [-0.1, -0.05) is 13.3 Å². The van der Waals surface area contributed by atoms with Crippen molar-refractivity contribution in [1.29, 1.82) is 0 Å². The maximum absolute atomic E-state index is 5.96. The molecule has 0 bridgehead atoms. The van der Waals surface area contributed by atoms with Crippen LogP contribution in [-0.2, 0) is 0 Å². The zero-order valence-corrected chi connectivity index (χ0v) is 12.7. The molecule has 110 valence electrons. The number of nitrogens with zero attached hydrogens (tertiary/aromatic N) is 3. The van der Waals surface area contributed by atoms with Crippen molar-refractivity contribution in [3.05, 3.63) is 11.9 Å². The summed E-state index contributed by atoms with van der Waals surface area (Å²) in [6.45, 7) is 2.31. The number of aromatic nitrogens is 2. The Kier molecular flexibility index (Phi) is 3.81. The van der Waals surface area contributed by atoms with Crippen LogP contribution in [0.5, 0.6) is 0 Å².